The van der Waals surface area contributed by atoms with Crippen LogP contribution >= 0.6 is 0 Å². The van der Waals surface area contributed by atoms with Crippen LogP contribution in [0.2, 0.25) is 0 Å². The minimum atomic E-state index is 0.665. The van der Waals surface area contributed by atoms with Crippen molar-refractivity contribution < 1.29 is 0 Å². The highest BCUT2D eigenvalue weighted by Gasteiger charge is 2.30. The van der Waals surface area contributed by atoms with Gasteiger partial charge in [-0.1, -0.05) is 140 Å². The molecule has 0 N–H and O–H groups in total. The third-order valence-electron chi connectivity index (χ3n) is 9.60. The van der Waals surface area contributed by atoms with Crippen LogP contribution in [0.3, 0.4) is 0 Å². The molecule has 1 aliphatic rings. The number of hydrogen-bond acceptors (Lipinski definition) is 1. The molecular formula is C47H29N. The second-order valence-corrected chi connectivity index (χ2v) is 12.4. The summed E-state index contributed by atoms with van der Waals surface area (Å²) in [5.41, 5.74) is 17.6. The van der Waals surface area contributed by atoms with Crippen molar-refractivity contribution >= 4 is 10.8 Å². The molecule has 9 rings (SSSR count). The molecule has 0 fully saturated rings. The Morgan fingerprint density at radius 3 is 1.52 bits per heavy atom. The van der Waals surface area contributed by atoms with Gasteiger partial charge in [-0.15, -0.1) is 0 Å². The minimum Gasteiger partial charge on any atom is -0.192 e. The highest BCUT2D eigenvalue weighted by molar-refractivity contribution is 6.23. The Labute approximate surface area is 280 Å². The van der Waals surface area contributed by atoms with Gasteiger partial charge in [-0.25, -0.2) is 0 Å². The summed E-state index contributed by atoms with van der Waals surface area (Å²) in [6, 6.07) is 65.2. The Morgan fingerprint density at radius 2 is 0.854 bits per heavy atom. The predicted octanol–water partition coefficient (Wildman–Crippen LogP) is 12.7. The van der Waals surface area contributed by atoms with Crippen molar-refractivity contribution in [2.75, 3.05) is 0 Å². The van der Waals surface area contributed by atoms with E-state index in [2.05, 4.69) is 164 Å². The predicted molar refractivity (Wildman–Crippen MR) is 200 cm³/mol. The summed E-state index contributed by atoms with van der Waals surface area (Å²) >= 11 is 0. The first kappa shape index (κ1) is 27.8. The summed E-state index contributed by atoms with van der Waals surface area (Å²) < 4.78 is 0. The van der Waals surface area contributed by atoms with Crippen LogP contribution in [0.25, 0.3) is 88.7 Å². The highest BCUT2D eigenvalue weighted by Crippen LogP contribution is 2.57. The number of rotatable bonds is 5. The third-order valence-corrected chi connectivity index (χ3v) is 9.60. The molecule has 0 atom stereocenters. The van der Waals surface area contributed by atoms with Crippen molar-refractivity contribution in [2.24, 2.45) is 0 Å². The molecule has 0 aromatic heterocycles. The molecular weight excluding hydrogens is 579 g/mol. The van der Waals surface area contributed by atoms with E-state index in [0.717, 1.165) is 16.7 Å². The molecule has 222 valence electrons. The van der Waals surface area contributed by atoms with E-state index in [-0.39, 0.29) is 0 Å². The van der Waals surface area contributed by atoms with Gasteiger partial charge in [0, 0.05) is 0 Å². The van der Waals surface area contributed by atoms with E-state index >= 15 is 0 Å². The SMILES string of the molecule is N#Cc1cccc(-c2cccc(-c3cc4c5c(cccc5c3)-c3c(-c5ccccc5)cc(-c5ccccc5)c(-c5ccccc5)c3-4)c2)c1. The van der Waals surface area contributed by atoms with Crippen LogP contribution in [0.5, 0.6) is 0 Å². The zero-order chi connectivity index (χ0) is 32.0. The Hall–Kier alpha value is -6.49. The molecule has 0 heterocycles. The Morgan fingerprint density at radius 1 is 0.312 bits per heavy atom. The first-order valence-electron chi connectivity index (χ1n) is 16.3. The van der Waals surface area contributed by atoms with Crippen LogP contribution in [0.1, 0.15) is 5.56 Å². The van der Waals surface area contributed by atoms with E-state index < -0.39 is 0 Å². The standard InChI is InChI=1S/C47H29N/c48-30-31-13-10-20-35(25-31)36-21-11-22-37(26-36)39-27-38-23-12-24-40-44(38)43(28-39)47-45(34-18-8-3-9-19-34)41(32-14-4-1-5-15-32)29-42(46(40)47)33-16-6-2-7-17-33/h1-29H. The fraction of sp³-hybridized carbons (Fsp3) is 0. The van der Waals surface area contributed by atoms with Gasteiger partial charge in [0.25, 0.3) is 0 Å². The zero-order valence-corrected chi connectivity index (χ0v) is 26.2. The molecule has 1 heteroatoms. The van der Waals surface area contributed by atoms with Gasteiger partial charge >= 0.3 is 0 Å². The second-order valence-electron chi connectivity index (χ2n) is 12.4. The molecule has 0 aliphatic heterocycles. The summed E-state index contributed by atoms with van der Waals surface area (Å²) in [4.78, 5) is 0. The quantitative estimate of drug-likeness (QED) is 0.191. The molecule has 0 bridgehead atoms. The average Bonchev–Trinajstić information content (AvgIpc) is 3.50. The lowest BCUT2D eigenvalue weighted by Gasteiger charge is -2.21. The molecule has 0 unspecified atom stereocenters. The van der Waals surface area contributed by atoms with Gasteiger partial charge in [-0.05, 0) is 125 Å². The van der Waals surface area contributed by atoms with Crippen LogP contribution in [0.15, 0.2) is 176 Å². The van der Waals surface area contributed by atoms with Crippen LogP contribution in [0, 0.1) is 11.3 Å². The van der Waals surface area contributed by atoms with Crippen molar-refractivity contribution in [1.29, 1.82) is 5.26 Å². The molecule has 8 aromatic carbocycles. The molecule has 0 amide bonds. The van der Waals surface area contributed by atoms with Crippen molar-refractivity contribution in [2.45, 2.75) is 0 Å². The number of fused-ring (bicyclic) bond motifs is 3. The molecule has 8 aromatic rings. The van der Waals surface area contributed by atoms with Gasteiger partial charge in [0.15, 0.2) is 0 Å². The largest absolute Gasteiger partial charge is 0.192 e. The Balaban J connectivity index is 1.36. The number of nitriles is 1. The van der Waals surface area contributed by atoms with Crippen LogP contribution in [-0.2, 0) is 0 Å². The number of nitrogens with zero attached hydrogens (tertiary/aromatic N) is 1. The van der Waals surface area contributed by atoms with Crippen LogP contribution in [-0.4, -0.2) is 0 Å². The Kier molecular flexibility index (Phi) is 6.59. The van der Waals surface area contributed by atoms with Gasteiger partial charge < -0.3 is 0 Å². The fourth-order valence-electron chi connectivity index (χ4n) is 7.47. The average molecular weight is 608 g/mol. The van der Waals surface area contributed by atoms with Gasteiger partial charge in [-0.3, -0.25) is 0 Å². The van der Waals surface area contributed by atoms with E-state index in [0.29, 0.717) is 5.56 Å². The molecule has 0 saturated carbocycles. The molecule has 1 aliphatic carbocycles. The van der Waals surface area contributed by atoms with E-state index in [1.54, 1.807) is 0 Å². The highest BCUT2D eigenvalue weighted by atomic mass is 14.3. The van der Waals surface area contributed by atoms with E-state index in [1.165, 1.54) is 72.0 Å². The van der Waals surface area contributed by atoms with E-state index in [1.807, 2.05) is 18.2 Å². The second kappa shape index (κ2) is 11.4. The van der Waals surface area contributed by atoms with Gasteiger partial charge in [0.05, 0.1) is 11.6 Å². The fourth-order valence-corrected chi connectivity index (χ4v) is 7.47. The van der Waals surface area contributed by atoms with E-state index in [4.69, 9.17) is 0 Å². The van der Waals surface area contributed by atoms with Crippen molar-refractivity contribution in [3.05, 3.63) is 181 Å². The summed E-state index contributed by atoms with van der Waals surface area (Å²) in [5.74, 6) is 0. The maximum atomic E-state index is 9.52. The maximum absolute atomic E-state index is 9.52. The minimum absolute atomic E-state index is 0.665. The lowest BCUT2D eigenvalue weighted by Crippen LogP contribution is -1.94. The molecule has 0 radical (unpaired) electrons. The summed E-state index contributed by atoms with van der Waals surface area (Å²) in [7, 11) is 0. The first-order chi connectivity index (χ1) is 23.8. The Bertz CT molecular complexity index is 2540. The van der Waals surface area contributed by atoms with Crippen molar-refractivity contribution in [1.82, 2.24) is 0 Å². The van der Waals surface area contributed by atoms with Gasteiger partial charge in [0.1, 0.15) is 0 Å². The van der Waals surface area contributed by atoms with Crippen molar-refractivity contribution in [3.8, 4) is 84.0 Å². The summed E-state index contributed by atoms with van der Waals surface area (Å²) in [6.45, 7) is 0. The molecule has 1 nitrogen and oxygen atoms in total. The van der Waals surface area contributed by atoms with Crippen LogP contribution < -0.4 is 0 Å². The lowest BCUT2D eigenvalue weighted by molar-refractivity contribution is 1.48. The van der Waals surface area contributed by atoms with Crippen molar-refractivity contribution in [3.63, 3.8) is 0 Å². The first-order valence-corrected chi connectivity index (χ1v) is 16.3. The third kappa shape index (κ3) is 4.55. The molecule has 0 spiro atoms. The molecule has 48 heavy (non-hydrogen) atoms. The lowest BCUT2D eigenvalue weighted by atomic mass is 9.82. The molecule has 0 saturated heterocycles. The number of hydrogen-bond donors (Lipinski definition) is 0. The van der Waals surface area contributed by atoms with E-state index in [9.17, 15) is 5.26 Å². The summed E-state index contributed by atoms with van der Waals surface area (Å²) in [5, 5.41) is 12.1. The topological polar surface area (TPSA) is 23.8 Å². The normalized spacial score (nSPS) is 11.3. The number of benzene rings is 8. The smallest absolute Gasteiger partial charge is 0.0991 e. The van der Waals surface area contributed by atoms with Gasteiger partial charge in [0.2, 0.25) is 0 Å². The maximum Gasteiger partial charge on any atom is 0.0991 e. The summed E-state index contributed by atoms with van der Waals surface area (Å²) in [6.07, 6.45) is 0. The zero-order valence-electron chi connectivity index (χ0n) is 26.2. The van der Waals surface area contributed by atoms with Crippen LogP contribution in [0.4, 0.5) is 0 Å². The van der Waals surface area contributed by atoms with Gasteiger partial charge in [-0.2, -0.15) is 5.26 Å². The monoisotopic (exact) mass is 607 g/mol.